The summed E-state index contributed by atoms with van der Waals surface area (Å²) in [6.45, 7) is 7.99. The third-order valence-corrected chi connectivity index (χ3v) is 7.01. The number of benzene rings is 1. The lowest BCUT2D eigenvalue weighted by molar-refractivity contribution is 0.0241. The monoisotopic (exact) mass is 485 g/mol. The lowest BCUT2D eigenvalue weighted by Gasteiger charge is -2.35. The summed E-state index contributed by atoms with van der Waals surface area (Å²) in [6, 6.07) is 9.62. The van der Waals surface area contributed by atoms with Crippen LogP contribution in [0, 0.1) is 0 Å². The molecular weight excluding hydrogens is 458 g/mol. The first-order valence-electron chi connectivity index (χ1n) is 10.6. The molecule has 1 aromatic carbocycles. The van der Waals surface area contributed by atoms with Gasteiger partial charge in [0.25, 0.3) is 5.91 Å². The number of thiophene rings is 1. The number of thiazole rings is 1. The minimum Gasteiger partial charge on any atom is -0.444 e. The van der Waals surface area contributed by atoms with E-state index in [9.17, 15) is 9.59 Å². The Morgan fingerprint density at radius 2 is 1.91 bits per heavy atom. The molecule has 0 bridgehead atoms. The van der Waals surface area contributed by atoms with Gasteiger partial charge in [0.1, 0.15) is 10.6 Å². The third kappa shape index (κ3) is 5.63. The first kappa shape index (κ1) is 23.1. The van der Waals surface area contributed by atoms with Gasteiger partial charge >= 0.3 is 6.09 Å². The molecule has 1 aliphatic heterocycles. The molecule has 2 amide bonds. The Hall–Kier alpha value is -3.11. The molecule has 0 radical (unpaired) electrons. The molecule has 3 heterocycles. The Balaban J connectivity index is 1.38. The molecule has 1 aliphatic rings. The van der Waals surface area contributed by atoms with Crippen LogP contribution in [0.5, 0.6) is 0 Å². The lowest BCUT2D eigenvalue weighted by Crippen LogP contribution is -2.49. The molecule has 8 nitrogen and oxygen atoms in total. The van der Waals surface area contributed by atoms with Crippen molar-refractivity contribution in [1.82, 2.24) is 9.88 Å². The minimum atomic E-state index is -0.513. The first-order valence-corrected chi connectivity index (χ1v) is 12.3. The van der Waals surface area contributed by atoms with Crippen molar-refractivity contribution in [3.05, 3.63) is 46.9 Å². The quantitative estimate of drug-likeness (QED) is 0.517. The van der Waals surface area contributed by atoms with Gasteiger partial charge in [-0.2, -0.15) is 0 Å². The lowest BCUT2D eigenvalue weighted by atomic mass is 10.1. The van der Waals surface area contributed by atoms with Gasteiger partial charge in [0.2, 0.25) is 0 Å². The number of hydrogen-bond acceptors (Lipinski definition) is 8. The summed E-state index contributed by atoms with van der Waals surface area (Å²) in [4.78, 5) is 34.3. The van der Waals surface area contributed by atoms with Crippen LogP contribution in [-0.2, 0) is 4.74 Å². The number of piperazine rings is 1. The van der Waals surface area contributed by atoms with Crippen LogP contribution in [-0.4, -0.2) is 53.7 Å². The van der Waals surface area contributed by atoms with Crippen LogP contribution < -0.4 is 16.0 Å². The highest BCUT2D eigenvalue weighted by Crippen LogP contribution is 2.31. The predicted molar refractivity (Wildman–Crippen MR) is 134 cm³/mol. The Morgan fingerprint density at radius 1 is 1.15 bits per heavy atom. The third-order valence-electron chi connectivity index (χ3n) is 5.04. The average Bonchev–Trinajstić information content (AvgIpc) is 3.47. The molecule has 0 aliphatic carbocycles. The van der Waals surface area contributed by atoms with Gasteiger partial charge in [0.05, 0.1) is 17.6 Å². The fraction of sp³-hybridized carbons (Fsp3) is 0.348. The Morgan fingerprint density at radius 3 is 2.58 bits per heavy atom. The van der Waals surface area contributed by atoms with Crippen LogP contribution in [0.3, 0.4) is 0 Å². The van der Waals surface area contributed by atoms with E-state index < -0.39 is 5.60 Å². The van der Waals surface area contributed by atoms with Gasteiger partial charge in [0, 0.05) is 31.1 Å². The van der Waals surface area contributed by atoms with Gasteiger partial charge in [-0.1, -0.05) is 23.5 Å². The number of aromatic nitrogens is 1. The van der Waals surface area contributed by atoms with Crippen LogP contribution in [0.2, 0.25) is 0 Å². The van der Waals surface area contributed by atoms with Crippen LogP contribution in [0.25, 0.3) is 10.4 Å². The fourth-order valence-corrected chi connectivity index (χ4v) is 4.98. The van der Waals surface area contributed by atoms with Crippen molar-refractivity contribution >= 4 is 51.0 Å². The van der Waals surface area contributed by atoms with Crippen LogP contribution in [0.4, 0.5) is 21.2 Å². The number of nitrogen functional groups attached to an aromatic ring is 1. The van der Waals surface area contributed by atoms with Crippen molar-refractivity contribution < 1.29 is 14.3 Å². The molecule has 3 N–H and O–H groups in total. The second-order valence-corrected chi connectivity index (χ2v) is 10.6. The number of ether oxygens (including phenoxy) is 1. The summed E-state index contributed by atoms with van der Waals surface area (Å²) in [5.74, 6) is -0.298. The molecule has 0 atom stereocenters. The van der Waals surface area contributed by atoms with Crippen LogP contribution in [0.15, 0.2) is 41.9 Å². The van der Waals surface area contributed by atoms with Crippen LogP contribution in [0.1, 0.15) is 30.6 Å². The largest absolute Gasteiger partial charge is 0.444 e. The second-order valence-electron chi connectivity index (χ2n) is 8.69. The van der Waals surface area contributed by atoms with Gasteiger partial charge in [-0.25, -0.2) is 9.78 Å². The van der Waals surface area contributed by atoms with Crippen molar-refractivity contribution in [2.45, 2.75) is 26.4 Å². The smallest absolute Gasteiger partial charge is 0.410 e. The number of rotatable bonds is 4. The summed E-state index contributed by atoms with van der Waals surface area (Å²) >= 11 is 2.95. The highest BCUT2D eigenvalue weighted by atomic mass is 32.1. The Bertz CT molecular complexity index is 1130. The van der Waals surface area contributed by atoms with Gasteiger partial charge in [-0.3, -0.25) is 4.79 Å². The summed E-state index contributed by atoms with van der Waals surface area (Å²) < 4.78 is 5.45. The average molecular weight is 486 g/mol. The highest BCUT2D eigenvalue weighted by Gasteiger charge is 2.27. The van der Waals surface area contributed by atoms with Gasteiger partial charge < -0.3 is 25.6 Å². The second kappa shape index (κ2) is 9.40. The number of nitrogens with zero attached hydrogens (tertiary/aromatic N) is 3. The summed E-state index contributed by atoms with van der Waals surface area (Å²) in [5.41, 5.74) is 7.63. The van der Waals surface area contributed by atoms with Crippen molar-refractivity contribution in [3.8, 4) is 10.4 Å². The molecule has 0 spiro atoms. The van der Waals surface area contributed by atoms with E-state index in [1.807, 2.05) is 50.4 Å². The standard InChI is InChI=1S/C23H27N5O3S2/c1-23(2,3)31-22(30)28-10-8-27(9-11-28)19-14-25-21(33-19)20(29)26-17-13-15(6-7-16(17)24)18-5-4-12-32-18/h4-7,12-14H,8-11,24H2,1-3H3,(H,26,29). The zero-order valence-corrected chi connectivity index (χ0v) is 20.5. The Kier molecular flexibility index (Phi) is 6.57. The topological polar surface area (TPSA) is 101 Å². The Labute approximate surface area is 201 Å². The van der Waals surface area contributed by atoms with Crippen molar-refractivity contribution in [2.24, 2.45) is 0 Å². The maximum Gasteiger partial charge on any atom is 0.410 e. The number of nitrogens with two attached hydrogens (primary N) is 1. The summed E-state index contributed by atoms with van der Waals surface area (Å²) in [5, 5.41) is 6.15. The molecule has 1 saturated heterocycles. The van der Waals surface area contributed by atoms with E-state index in [0.717, 1.165) is 15.4 Å². The van der Waals surface area contributed by atoms with E-state index >= 15 is 0 Å². The first-order chi connectivity index (χ1) is 15.7. The predicted octanol–water partition coefficient (Wildman–Crippen LogP) is 4.76. The maximum atomic E-state index is 12.8. The maximum absolute atomic E-state index is 12.8. The number of carbonyl (C=O) groups is 2. The van der Waals surface area contributed by atoms with Gasteiger partial charge in [0.15, 0.2) is 5.01 Å². The van der Waals surface area contributed by atoms with Crippen molar-refractivity contribution in [3.63, 3.8) is 0 Å². The number of carbonyl (C=O) groups excluding carboxylic acids is 2. The molecule has 33 heavy (non-hydrogen) atoms. The van der Waals surface area contributed by atoms with E-state index in [1.165, 1.54) is 11.3 Å². The van der Waals surface area contributed by atoms with Gasteiger partial charge in [-0.05, 0) is 49.9 Å². The van der Waals surface area contributed by atoms with E-state index in [0.29, 0.717) is 42.6 Å². The number of amides is 2. The SMILES string of the molecule is CC(C)(C)OC(=O)N1CCN(c2cnc(C(=O)Nc3cc(-c4cccs4)ccc3N)s2)CC1. The summed E-state index contributed by atoms with van der Waals surface area (Å²) in [7, 11) is 0. The van der Waals surface area contributed by atoms with E-state index in [1.54, 1.807) is 28.5 Å². The van der Waals surface area contributed by atoms with E-state index in [4.69, 9.17) is 10.5 Å². The van der Waals surface area contributed by atoms with Crippen LogP contribution >= 0.6 is 22.7 Å². The molecule has 1 fully saturated rings. The zero-order valence-electron chi connectivity index (χ0n) is 18.8. The number of hydrogen-bond donors (Lipinski definition) is 2. The molecule has 4 rings (SSSR count). The fourth-order valence-electron chi connectivity index (χ4n) is 3.39. The van der Waals surface area contributed by atoms with Crippen molar-refractivity contribution in [1.29, 1.82) is 0 Å². The minimum absolute atomic E-state index is 0.297. The molecule has 3 aromatic rings. The van der Waals surface area contributed by atoms with Gasteiger partial charge in [-0.15, -0.1) is 11.3 Å². The molecule has 10 heteroatoms. The molecule has 174 valence electrons. The summed E-state index contributed by atoms with van der Waals surface area (Å²) in [6.07, 6.45) is 1.41. The normalized spacial score (nSPS) is 14.3. The van der Waals surface area contributed by atoms with Crippen molar-refractivity contribution in [2.75, 3.05) is 42.1 Å². The molecule has 2 aromatic heterocycles. The molecule has 0 saturated carbocycles. The highest BCUT2D eigenvalue weighted by molar-refractivity contribution is 7.17. The zero-order chi connectivity index (χ0) is 23.6. The number of anilines is 3. The molecular formula is C23H27N5O3S2. The molecule has 0 unspecified atom stereocenters. The van der Waals surface area contributed by atoms with E-state index in [-0.39, 0.29) is 12.0 Å². The van der Waals surface area contributed by atoms with E-state index in [2.05, 4.69) is 15.2 Å². The number of nitrogens with one attached hydrogen (secondary N) is 1.